The van der Waals surface area contributed by atoms with Crippen LogP contribution in [0.15, 0.2) is 5.38 Å². The van der Waals surface area contributed by atoms with Gasteiger partial charge < -0.3 is 4.90 Å². The normalized spacial score (nSPS) is 28.4. The molecule has 0 aliphatic carbocycles. The summed E-state index contributed by atoms with van der Waals surface area (Å²) in [6, 6.07) is 0. The van der Waals surface area contributed by atoms with Crippen molar-refractivity contribution in [2.45, 2.75) is 13.8 Å². The zero-order chi connectivity index (χ0) is 9.42. The van der Waals surface area contributed by atoms with Gasteiger partial charge in [0.25, 0.3) is 0 Å². The molecule has 1 aliphatic rings. The van der Waals surface area contributed by atoms with Crippen molar-refractivity contribution >= 4 is 28.1 Å². The van der Waals surface area contributed by atoms with E-state index < -0.39 is 0 Å². The molecule has 1 fully saturated rings. The highest BCUT2D eigenvalue weighted by Crippen LogP contribution is 2.30. The number of hydrogen-bond acceptors (Lipinski definition) is 3. The minimum absolute atomic E-state index is 0.618. The van der Waals surface area contributed by atoms with Crippen LogP contribution in [0.2, 0.25) is 5.15 Å². The van der Waals surface area contributed by atoms with E-state index in [9.17, 15) is 0 Å². The third-order valence-corrected chi connectivity index (χ3v) is 3.95. The number of nitrogens with zero attached hydrogens (tertiary/aromatic N) is 2. The fourth-order valence-electron chi connectivity index (χ4n) is 1.68. The summed E-state index contributed by atoms with van der Waals surface area (Å²) >= 11 is 7.42. The molecule has 2 unspecified atom stereocenters. The summed E-state index contributed by atoms with van der Waals surface area (Å²) in [5, 5.41) is 3.58. The van der Waals surface area contributed by atoms with Gasteiger partial charge in [0.2, 0.25) is 0 Å². The Balaban J connectivity index is 2.11. The summed E-state index contributed by atoms with van der Waals surface area (Å²) in [6.45, 7) is 6.82. The highest BCUT2D eigenvalue weighted by molar-refractivity contribution is 7.14. The second kappa shape index (κ2) is 3.46. The monoisotopic (exact) mass is 216 g/mol. The Morgan fingerprint density at radius 2 is 2.08 bits per heavy atom. The minimum atomic E-state index is 0.618. The first-order valence-corrected chi connectivity index (χ1v) is 5.78. The van der Waals surface area contributed by atoms with E-state index in [1.807, 2.05) is 5.38 Å². The van der Waals surface area contributed by atoms with Gasteiger partial charge in [-0.05, 0) is 11.8 Å². The van der Waals surface area contributed by atoms with Crippen LogP contribution in [0.1, 0.15) is 13.8 Å². The third-order valence-electron chi connectivity index (χ3n) is 2.72. The van der Waals surface area contributed by atoms with E-state index in [4.69, 9.17) is 11.6 Å². The molecule has 2 atom stereocenters. The molecule has 1 saturated heterocycles. The van der Waals surface area contributed by atoms with Gasteiger partial charge in [-0.2, -0.15) is 0 Å². The van der Waals surface area contributed by atoms with E-state index in [-0.39, 0.29) is 0 Å². The second-order valence-corrected chi connectivity index (χ2v) is 5.04. The maximum atomic E-state index is 5.78. The van der Waals surface area contributed by atoms with Crippen molar-refractivity contribution in [2.24, 2.45) is 11.8 Å². The molecule has 2 heterocycles. The Hall–Kier alpha value is -0.280. The molecule has 1 aromatic rings. The average molecular weight is 217 g/mol. The van der Waals surface area contributed by atoms with Crippen molar-refractivity contribution in [1.29, 1.82) is 0 Å². The number of halogens is 1. The summed E-state index contributed by atoms with van der Waals surface area (Å²) in [6.07, 6.45) is 0. The van der Waals surface area contributed by atoms with Gasteiger partial charge >= 0.3 is 0 Å². The number of hydrogen-bond donors (Lipinski definition) is 0. The number of aromatic nitrogens is 1. The minimum Gasteiger partial charge on any atom is -0.347 e. The maximum absolute atomic E-state index is 5.78. The molecule has 4 heteroatoms. The van der Waals surface area contributed by atoms with E-state index in [1.54, 1.807) is 11.3 Å². The quantitative estimate of drug-likeness (QED) is 0.718. The Bertz CT molecular complexity index is 290. The summed E-state index contributed by atoms with van der Waals surface area (Å²) in [5.41, 5.74) is 0. The second-order valence-electron chi connectivity index (χ2n) is 3.81. The van der Waals surface area contributed by atoms with Gasteiger partial charge in [0.1, 0.15) is 5.15 Å². The lowest BCUT2D eigenvalue weighted by Gasteiger charge is -2.13. The predicted molar refractivity (Wildman–Crippen MR) is 57.7 cm³/mol. The number of anilines is 1. The van der Waals surface area contributed by atoms with Gasteiger partial charge in [-0.3, -0.25) is 0 Å². The van der Waals surface area contributed by atoms with Gasteiger partial charge in [0.15, 0.2) is 5.13 Å². The van der Waals surface area contributed by atoms with E-state index in [0.717, 1.165) is 30.1 Å². The van der Waals surface area contributed by atoms with Crippen LogP contribution in [0, 0.1) is 11.8 Å². The number of rotatable bonds is 1. The Labute approximate surface area is 87.5 Å². The molecule has 1 aliphatic heterocycles. The van der Waals surface area contributed by atoms with Crippen molar-refractivity contribution < 1.29 is 0 Å². The first kappa shape index (κ1) is 9.28. The Morgan fingerprint density at radius 3 is 2.54 bits per heavy atom. The van der Waals surface area contributed by atoms with Crippen molar-refractivity contribution in [3.05, 3.63) is 10.5 Å². The van der Waals surface area contributed by atoms with Gasteiger partial charge in [0.05, 0.1) is 0 Å². The molecule has 0 spiro atoms. The molecule has 2 rings (SSSR count). The van der Waals surface area contributed by atoms with Gasteiger partial charge in [-0.15, -0.1) is 11.3 Å². The van der Waals surface area contributed by atoms with E-state index >= 15 is 0 Å². The van der Waals surface area contributed by atoms with Crippen LogP contribution in [0.5, 0.6) is 0 Å². The molecule has 13 heavy (non-hydrogen) atoms. The molecule has 0 bridgehead atoms. The van der Waals surface area contributed by atoms with Crippen LogP contribution >= 0.6 is 22.9 Å². The molecule has 0 amide bonds. The van der Waals surface area contributed by atoms with Gasteiger partial charge in [0, 0.05) is 18.5 Å². The largest absolute Gasteiger partial charge is 0.347 e. The smallest absolute Gasteiger partial charge is 0.186 e. The van der Waals surface area contributed by atoms with E-state index in [1.165, 1.54) is 0 Å². The SMILES string of the molecule is CC1CN(c2nc(Cl)cs2)CC1C. The van der Waals surface area contributed by atoms with Crippen molar-refractivity contribution in [1.82, 2.24) is 4.98 Å². The van der Waals surface area contributed by atoms with E-state index in [0.29, 0.717) is 5.15 Å². The van der Waals surface area contributed by atoms with Crippen molar-refractivity contribution in [3.63, 3.8) is 0 Å². The average Bonchev–Trinajstić information content (AvgIpc) is 2.61. The lowest BCUT2D eigenvalue weighted by atomic mass is 10.0. The summed E-state index contributed by atoms with van der Waals surface area (Å²) in [5.74, 6) is 1.53. The Kier molecular flexibility index (Phi) is 2.47. The zero-order valence-electron chi connectivity index (χ0n) is 7.83. The summed E-state index contributed by atoms with van der Waals surface area (Å²) in [7, 11) is 0. The maximum Gasteiger partial charge on any atom is 0.186 e. The molecule has 0 aromatic carbocycles. The molecule has 0 saturated carbocycles. The molecule has 2 nitrogen and oxygen atoms in total. The highest BCUT2D eigenvalue weighted by Gasteiger charge is 2.27. The topological polar surface area (TPSA) is 16.1 Å². The predicted octanol–water partition coefficient (Wildman–Crippen LogP) is 2.89. The third kappa shape index (κ3) is 1.81. The fraction of sp³-hybridized carbons (Fsp3) is 0.667. The first-order chi connectivity index (χ1) is 6.16. The molecular formula is C9H13ClN2S. The standard InChI is InChI=1S/C9H13ClN2S/c1-6-3-12(4-7(6)2)9-11-8(10)5-13-9/h5-7H,3-4H2,1-2H3. The number of thiazole rings is 1. The molecule has 1 aromatic heterocycles. The van der Waals surface area contributed by atoms with Crippen LogP contribution in [-0.4, -0.2) is 18.1 Å². The van der Waals surface area contributed by atoms with Gasteiger partial charge in [-0.25, -0.2) is 4.98 Å². The lowest BCUT2D eigenvalue weighted by Crippen LogP contribution is -2.19. The lowest BCUT2D eigenvalue weighted by molar-refractivity contribution is 0.494. The molecule has 0 N–H and O–H groups in total. The Morgan fingerprint density at radius 1 is 1.46 bits per heavy atom. The van der Waals surface area contributed by atoms with Crippen LogP contribution in [-0.2, 0) is 0 Å². The van der Waals surface area contributed by atoms with Crippen molar-refractivity contribution in [2.75, 3.05) is 18.0 Å². The van der Waals surface area contributed by atoms with Crippen LogP contribution < -0.4 is 4.90 Å². The highest BCUT2D eigenvalue weighted by atomic mass is 35.5. The molecule has 72 valence electrons. The van der Waals surface area contributed by atoms with Gasteiger partial charge in [-0.1, -0.05) is 25.4 Å². The van der Waals surface area contributed by atoms with Crippen LogP contribution in [0.3, 0.4) is 0 Å². The molecule has 0 radical (unpaired) electrons. The molecular weight excluding hydrogens is 204 g/mol. The zero-order valence-corrected chi connectivity index (χ0v) is 9.40. The van der Waals surface area contributed by atoms with Crippen LogP contribution in [0.4, 0.5) is 5.13 Å². The summed E-state index contributed by atoms with van der Waals surface area (Å²) in [4.78, 5) is 6.60. The first-order valence-electron chi connectivity index (χ1n) is 4.53. The fourth-order valence-corrected chi connectivity index (χ4v) is 2.64. The summed E-state index contributed by atoms with van der Waals surface area (Å²) < 4.78 is 0. The van der Waals surface area contributed by atoms with Crippen LogP contribution in [0.25, 0.3) is 0 Å². The van der Waals surface area contributed by atoms with E-state index in [2.05, 4.69) is 23.7 Å². The van der Waals surface area contributed by atoms with Crippen molar-refractivity contribution in [3.8, 4) is 0 Å².